The Morgan fingerprint density at radius 2 is 1.67 bits per heavy atom. The molecule has 2 aromatic carbocycles. The first-order valence-electron chi connectivity index (χ1n) is 6.22. The highest BCUT2D eigenvalue weighted by Gasteiger charge is 2.19. The van der Waals surface area contributed by atoms with Crippen molar-refractivity contribution in [3.8, 4) is 5.75 Å². The zero-order chi connectivity index (χ0) is 15.6. The minimum absolute atomic E-state index is 0.177. The van der Waals surface area contributed by atoms with Gasteiger partial charge in [0.1, 0.15) is 28.9 Å². The second kappa shape index (κ2) is 5.95. The van der Waals surface area contributed by atoms with E-state index in [1.165, 1.54) is 31.2 Å². The number of anilines is 3. The summed E-state index contributed by atoms with van der Waals surface area (Å²) < 4.78 is 46.6. The molecule has 0 fully saturated rings. The fraction of sp³-hybridized carbons (Fsp3) is 0.200. The first-order valence-corrected chi connectivity index (χ1v) is 6.22. The first kappa shape index (κ1) is 15.0. The second-order valence-corrected chi connectivity index (χ2v) is 4.38. The van der Waals surface area contributed by atoms with Crippen LogP contribution in [0.2, 0.25) is 0 Å². The number of rotatable bonds is 4. The highest BCUT2D eigenvalue weighted by atomic mass is 19.1. The average molecular weight is 296 g/mol. The van der Waals surface area contributed by atoms with Crippen LogP contribution >= 0.6 is 0 Å². The van der Waals surface area contributed by atoms with Crippen molar-refractivity contribution in [2.45, 2.75) is 0 Å². The Balaban J connectivity index is 2.59. The van der Waals surface area contributed by atoms with Crippen LogP contribution < -0.4 is 15.0 Å². The lowest BCUT2D eigenvalue weighted by Crippen LogP contribution is -2.15. The maximum absolute atomic E-state index is 13.9. The van der Waals surface area contributed by atoms with Gasteiger partial charge in [-0.1, -0.05) is 6.07 Å². The van der Waals surface area contributed by atoms with Gasteiger partial charge in [-0.2, -0.15) is 0 Å². The van der Waals surface area contributed by atoms with Crippen molar-refractivity contribution < 1.29 is 17.9 Å². The number of para-hydroxylation sites is 1. The van der Waals surface area contributed by atoms with Crippen LogP contribution in [0.5, 0.6) is 5.75 Å². The van der Waals surface area contributed by atoms with Crippen LogP contribution in [0, 0.1) is 17.5 Å². The summed E-state index contributed by atoms with van der Waals surface area (Å²) in [5.41, 5.74) is 0.311. The summed E-state index contributed by atoms with van der Waals surface area (Å²) >= 11 is 0. The van der Waals surface area contributed by atoms with Crippen LogP contribution in [-0.4, -0.2) is 21.2 Å². The van der Waals surface area contributed by atoms with Gasteiger partial charge in [-0.25, -0.2) is 13.2 Å². The third-order valence-corrected chi connectivity index (χ3v) is 3.17. The number of hydrogen-bond acceptors (Lipinski definition) is 3. The number of halogens is 3. The molecule has 3 nitrogen and oxygen atoms in total. The predicted octanol–water partition coefficient (Wildman–Crippen LogP) is 3.92. The number of nitrogens with zero attached hydrogens (tertiary/aromatic N) is 1. The molecule has 0 bridgehead atoms. The molecule has 21 heavy (non-hydrogen) atoms. The molecule has 0 unspecified atom stereocenters. The summed E-state index contributed by atoms with van der Waals surface area (Å²) in [5, 5.41) is 2.68. The van der Waals surface area contributed by atoms with E-state index in [2.05, 4.69) is 5.32 Å². The van der Waals surface area contributed by atoms with Crippen LogP contribution in [0.1, 0.15) is 0 Å². The Kier molecular flexibility index (Phi) is 4.26. The molecule has 0 saturated carbocycles. The zero-order valence-corrected chi connectivity index (χ0v) is 11.9. The van der Waals surface area contributed by atoms with E-state index in [0.29, 0.717) is 5.69 Å². The van der Waals surface area contributed by atoms with Crippen LogP contribution in [0.4, 0.5) is 30.2 Å². The van der Waals surface area contributed by atoms with Gasteiger partial charge >= 0.3 is 0 Å². The first-order chi connectivity index (χ1) is 9.99. The number of ether oxygens (including phenoxy) is 1. The van der Waals surface area contributed by atoms with E-state index in [9.17, 15) is 13.2 Å². The molecule has 0 aliphatic rings. The maximum Gasteiger partial charge on any atom is 0.150 e. The molecule has 0 spiro atoms. The lowest BCUT2D eigenvalue weighted by molar-refractivity contribution is 0.412. The smallest absolute Gasteiger partial charge is 0.150 e. The van der Waals surface area contributed by atoms with Crippen molar-refractivity contribution in [2.75, 3.05) is 31.4 Å². The summed E-state index contributed by atoms with van der Waals surface area (Å²) in [5.74, 6) is -1.76. The topological polar surface area (TPSA) is 24.5 Å². The van der Waals surface area contributed by atoms with E-state index in [1.807, 2.05) is 0 Å². The minimum Gasteiger partial charge on any atom is -0.494 e. The summed E-state index contributed by atoms with van der Waals surface area (Å²) in [6, 6.07) is 6.19. The molecule has 0 aromatic heterocycles. The third kappa shape index (κ3) is 2.74. The highest BCUT2D eigenvalue weighted by molar-refractivity contribution is 5.73. The summed E-state index contributed by atoms with van der Waals surface area (Å²) in [7, 11) is 4.40. The average Bonchev–Trinajstić information content (AvgIpc) is 2.46. The van der Waals surface area contributed by atoms with E-state index in [1.54, 1.807) is 7.05 Å². The Morgan fingerprint density at radius 1 is 1.05 bits per heavy atom. The fourth-order valence-electron chi connectivity index (χ4n) is 2.09. The van der Waals surface area contributed by atoms with E-state index < -0.39 is 17.5 Å². The molecule has 0 radical (unpaired) electrons. The SMILES string of the molecule is CNc1cc(N(C)c2c(F)cccc2F)c(OC)cc1F. The van der Waals surface area contributed by atoms with Crippen molar-refractivity contribution in [1.29, 1.82) is 0 Å². The van der Waals surface area contributed by atoms with E-state index in [-0.39, 0.29) is 17.1 Å². The van der Waals surface area contributed by atoms with Gasteiger partial charge in [-0.05, 0) is 18.2 Å². The van der Waals surface area contributed by atoms with Crippen LogP contribution in [0.3, 0.4) is 0 Å². The molecule has 2 aromatic rings. The Labute approximate surface area is 121 Å². The molecule has 0 heterocycles. The molecule has 0 saturated heterocycles. The van der Waals surface area contributed by atoms with Crippen molar-refractivity contribution in [2.24, 2.45) is 0 Å². The fourth-order valence-corrected chi connectivity index (χ4v) is 2.09. The molecular formula is C15H15F3N2O. The summed E-state index contributed by atoms with van der Waals surface area (Å²) in [4.78, 5) is 1.28. The van der Waals surface area contributed by atoms with E-state index >= 15 is 0 Å². The molecule has 0 atom stereocenters. The maximum atomic E-state index is 13.9. The molecule has 112 valence electrons. The Morgan fingerprint density at radius 3 is 2.19 bits per heavy atom. The normalized spacial score (nSPS) is 10.4. The summed E-state index contributed by atoms with van der Waals surface area (Å²) in [6.07, 6.45) is 0. The monoisotopic (exact) mass is 296 g/mol. The second-order valence-electron chi connectivity index (χ2n) is 4.38. The molecule has 1 N–H and O–H groups in total. The highest BCUT2D eigenvalue weighted by Crippen LogP contribution is 2.38. The third-order valence-electron chi connectivity index (χ3n) is 3.17. The Bertz CT molecular complexity index is 641. The van der Waals surface area contributed by atoms with Crippen LogP contribution in [-0.2, 0) is 0 Å². The molecule has 2 rings (SSSR count). The largest absolute Gasteiger partial charge is 0.494 e. The van der Waals surface area contributed by atoms with Gasteiger partial charge in [0.05, 0.1) is 18.5 Å². The van der Waals surface area contributed by atoms with Gasteiger partial charge in [-0.3, -0.25) is 0 Å². The number of nitrogens with one attached hydrogen (secondary N) is 1. The van der Waals surface area contributed by atoms with Gasteiger partial charge in [-0.15, -0.1) is 0 Å². The predicted molar refractivity (Wildman–Crippen MR) is 76.9 cm³/mol. The standard InChI is InChI=1S/C15H15F3N2O/c1-19-12-8-13(14(21-3)7-11(12)18)20(2)15-9(16)5-4-6-10(15)17/h4-8,19H,1-3H3. The van der Waals surface area contributed by atoms with E-state index in [0.717, 1.165) is 18.2 Å². The lowest BCUT2D eigenvalue weighted by atomic mass is 10.2. The Hall–Kier alpha value is -2.37. The van der Waals surface area contributed by atoms with Crippen molar-refractivity contribution in [3.63, 3.8) is 0 Å². The van der Waals surface area contributed by atoms with Crippen LogP contribution in [0.15, 0.2) is 30.3 Å². The molecular weight excluding hydrogens is 281 g/mol. The van der Waals surface area contributed by atoms with Gasteiger partial charge < -0.3 is 15.0 Å². The zero-order valence-electron chi connectivity index (χ0n) is 11.9. The molecule has 0 amide bonds. The number of hydrogen-bond donors (Lipinski definition) is 1. The molecule has 0 aliphatic carbocycles. The van der Waals surface area contributed by atoms with Gasteiger partial charge in [0, 0.05) is 20.2 Å². The minimum atomic E-state index is -0.713. The lowest BCUT2D eigenvalue weighted by Gasteiger charge is -2.23. The van der Waals surface area contributed by atoms with E-state index in [4.69, 9.17) is 4.74 Å². The quantitative estimate of drug-likeness (QED) is 0.925. The van der Waals surface area contributed by atoms with Gasteiger partial charge in [0.2, 0.25) is 0 Å². The van der Waals surface area contributed by atoms with Crippen molar-refractivity contribution in [1.82, 2.24) is 0 Å². The summed E-state index contributed by atoms with van der Waals surface area (Å²) in [6.45, 7) is 0. The van der Waals surface area contributed by atoms with Crippen molar-refractivity contribution >= 4 is 17.1 Å². The van der Waals surface area contributed by atoms with Gasteiger partial charge in [0.15, 0.2) is 0 Å². The number of methoxy groups -OCH3 is 1. The van der Waals surface area contributed by atoms with Gasteiger partial charge in [0.25, 0.3) is 0 Å². The van der Waals surface area contributed by atoms with Crippen LogP contribution in [0.25, 0.3) is 0 Å². The molecule has 0 aliphatic heterocycles. The molecule has 6 heteroatoms. The number of benzene rings is 2. The van der Waals surface area contributed by atoms with Crippen molar-refractivity contribution in [3.05, 3.63) is 47.8 Å².